The molecule has 0 aliphatic carbocycles. The number of nitrogens with zero attached hydrogens (tertiary/aromatic N) is 5. The number of amides is 1. The maximum atomic E-state index is 13.4. The van der Waals surface area contributed by atoms with Gasteiger partial charge in [0.25, 0.3) is 5.91 Å². The minimum Gasteiger partial charge on any atom is -0.304 e. The van der Waals surface area contributed by atoms with Gasteiger partial charge in [0.2, 0.25) is 0 Å². The molecule has 7 nitrogen and oxygen atoms in total. The summed E-state index contributed by atoms with van der Waals surface area (Å²) >= 11 is 15.5. The molecule has 166 valence electrons. The highest BCUT2D eigenvalue weighted by Gasteiger charge is 2.36. The molecule has 13 heteroatoms. The molecular weight excluding hydrogens is 536 g/mol. The van der Waals surface area contributed by atoms with Gasteiger partial charge in [0.15, 0.2) is 17.2 Å². The summed E-state index contributed by atoms with van der Waals surface area (Å²) in [7, 11) is 0. The van der Waals surface area contributed by atoms with Crippen LogP contribution in [0.25, 0.3) is 5.65 Å². The Hall–Kier alpha value is -2.63. The van der Waals surface area contributed by atoms with Crippen molar-refractivity contribution in [3.63, 3.8) is 0 Å². The van der Waals surface area contributed by atoms with Gasteiger partial charge in [0, 0.05) is 33.6 Å². The van der Waals surface area contributed by atoms with Crippen molar-refractivity contribution in [1.82, 2.24) is 24.4 Å². The third-order valence-corrected chi connectivity index (χ3v) is 5.87. The molecule has 3 heterocycles. The molecule has 32 heavy (non-hydrogen) atoms. The quantitative estimate of drug-likeness (QED) is 0.359. The molecular formula is C19H12BrCl2F3N6O. The first kappa shape index (κ1) is 22.6. The van der Waals surface area contributed by atoms with Crippen molar-refractivity contribution in [2.75, 3.05) is 5.32 Å². The lowest BCUT2D eigenvalue weighted by Gasteiger charge is -2.09. The van der Waals surface area contributed by atoms with Crippen molar-refractivity contribution in [3.05, 3.63) is 73.7 Å². The topological polar surface area (TPSA) is 77.1 Å². The maximum absolute atomic E-state index is 13.4. The highest BCUT2D eigenvalue weighted by Crippen LogP contribution is 2.32. The van der Waals surface area contributed by atoms with Crippen LogP contribution in [0.2, 0.25) is 10.0 Å². The fraction of sp³-hybridized carbons (Fsp3) is 0.158. The number of anilines is 1. The molecule has 0 aliphatic heterocycles. The fourth-order valence-corrected chi connectivity index (χ4v) is 4.03. The molecule has 0 fully saturated rings. The highest BCUT2D eigenvalue weighted by molar-refractivity contribution is 9.10. The maximum Gasteiger partial charge on any atom is 0.433 e. The SMILES string of the molecule is Cc1cc(C(F)(F)F)n2nc(C(=O)Nc3ccn(Cc4c(Cl)cccc4Cl)n3)c(Br)c2n1. The van der Waals surface area contributed by atoms with Crippen LogP contribution in [0.4, 0.5) is 19.0 Å². The van der Waals surface area contributed by atoms with Gasteiger partial charge in [-0.2, -0.15) is 23.4 Å². The smallest absolute Gasteiger partial charge is 0.304 e. The predicted molar refractivity (Wildman–Crippen MR) is 116 cm³/mol. The first-order chi connectivity index (χ1) is 15.0. The lowest BCUT2D eigenvalue weighted by atomic mass is 10.2. The van der Waals surface area contributed by atoms with Crippen molar-refractivity contribution < 1.29 is 18.0 Å². The van der Waals surface area contributed by atoms with Gasteiger partial charge in [-0.15, -0.1) is 0 Å². The molecule has 0 bridgehead atoms. The van der Waals surface area contributed by atoms with Crippen LogP contribution in [0.5, 0.6) is 0 Å². The van der Waals surface area contributed by atoms with Crippen LogP contribution in [0.1, 0.15) is 27.4 Å². The largest absolute Gasteiger partial charge is 0.433 e. The van der Waals surface area contributed by atoms with Gasteiger partial charge in [-0.3, -0.25) is 9.48 Å². The summed E-state index contributed by atoms with van der Waals surface area (Å²) < 4.78 is 42.3. The van der Waals surface area contributed by atoms with Gasteiger partial charge >= 0.3 is 6.18 Å². The normalized spacial score (nSPS) is 11.8. The van der Waals surface area contributed by atoms with E-state index in [2.05, 4.69) is 36.4 Å². The Morgan fingerprint density at radius 3 is 2.53 bits per heavy atom. The Bertz CT molecular complexity index is 1330. The molecule has 0 saturated carbocycles. The van der Waals surface area contributed by atoms with Crippen molar-refractivity contribution in [1.29, 1.82) is 0 Å². The zero-order valence-electron chi connectivity index (χ0n) is 16.1. The number of hydrogen-bond donors (Lipinski definition) is 1. The number of aryl methyl sites for hydroxylation is 1. The molecule has 4 rings (SSSR count). The number of aromatic nitrogens is 5. The highest BCUT2D eigenvalue weighted by atomic mass is 79.9. The van der Waals surface area contributed by atoms with Crippen LogP contribution in [0.3, 0.4) is 0 Å². The molecule has 0 unspecified atom stereocenters. The lowest BCUT2D eigenvalue weighted by molar-refractivity contribution is -0.142. The fourth-order valence-electron chi connectivity index (χ4n) is 3.00. The van der Waals surface area contributed by atoms with Crippen molar-refractivity contribution in [3.8, 4) is 0 Å². The first-order valence-corrected chi connectivity index (χ1v) is 10.5. The summed E-state index contributed by atoms with van der Waals surface area (Å²) in [5, 5.41) is 11.5. The number of benzene rings is 1. The van der Waals surface area contributed by atoms with E-state index in [0.717, 1.165) is 6.07 Å². The average Bonchev–Trinajstić information content (AvgIpc) is 3.28. The number of rotatable bonds is 4. The molecule has 3 aromatic heterocycles. The first-order valence-electron chi connectivity index (χ1n) is 8.95. The number of alkyl halides is 3. The van der Waals surface area contributed by atoms with Gasteiger partial charge in [0.05, 0.1) is 11.0 Å². The minimum absolute atomic E-state index is 0.0338. The van der Waals surface area contributed by atoms with Crippen LogP contribution >= 0.6 is 39.1 Å². The summed E-state index contributed by atoms with van der Waals surface area (Å²) in [5.41, 5.74) is -0.644. The van der Waals surface area contributed by atoms with E-state index >= 15 is 0 Å². The van der Waals surface area contributed by atoms with E-state index < -0.39 is 17.8 Å². The summed E-state index contributed by atoms with van der Waals surface area (Å²) in [6.45, 7) is 1.68. The predicted octanol–water partition coefficient (Wildman–Crippen LogP) is 5.62. The zero-order chi connectivity index (χ0) is 23.2. The molecule has 0 spiro atoms. The van der Waals surface area contributed by atoms with Crippen LogP contribution in [-0.2, 0) is 12.7 Å². The van der Waals surface area contributed by atoms with E-state index in [0.29, 0.717) is 20.1 Å². The Morgan fingerprint density at radius 1 is 1.19 bits per heavy atom. The van der Waals surface area contributed by atoms with Gasteiger partial charge in [0.1, 0.15) is 5.69 Å². The van der Waals surface area contributed by atoms with E-state index in [-0.39, 0.29) is 33.9 Å². The van der Waals surface area contributed by atoms with Crippen LogP contribution in [-0.4, -0.2) is 30.3 Å². The number of carbonyl (C=O) groups is 1. The second-order valence-electron chi connectivity index (χ2n) is 6.73. The van der Waals surface area contributed by atoms with Crippen molar-refractivity contribution in [2.45, 2.75) is 19.6 Å². The Labute approximate surface area is 197 Å². The Kier molecular flexibility index (Phi) is 5.91. The summed E-state index contributed by atoms with van der Waals surface area (Å²) in [6.07, 6.45) is -3.08. The number of halogens is 6. The Balaban J connectivity index is 1.61. The van der Waals surface area contributed by atoms with Crippen molar-refractivity contribution >= 4 is 56.5 Å². The van der Waals surface area contributed by atoms with E-state index in [1.165, 1.54) is 17.7 Å². The molecule has 1 N–H and O–H groups in total. The number of carbonyl (C=O) groups excluding carboxylic acids is 1. The van der Waals surface area contributed by atoms with Gasteiger partial charge < -0.3 is 5.32 Å². The molecule has 0 saturated heterocycles. The summed E-state index contributed by atoms with van der Waals surface area (Å²) in [4.78, 5) is 16.8. The van der Waals surface area contributed by atoms with Gasteiger partial charge in [-0.1, -0.05) is 29.3 Å². The van der Waals surface area contributed by atoms with E-state index in [4.69, 9.17) is 23.2 Å². The van der Waals surface area contributed by atoms with E-state index in [9.17, 15) is 18.0 Å². The standard InChI is InChI=1S/C19H12BrCl2F3N6O/c1-9-7-13(19(23,24)25)31-17(26-9)15(20)16(29-31)18(32)27-14-5-6-30(28-14)8-10-11(21)3-2-4-12(10)22/h2-7H,8H2,1H3,(H,27,28,32). The molecule has 4 aromatic rings. The number of fused-ring (bicyclic) bond motifs is 1. The molecule has 0 radical (unpaired) electrons. The summed E-state index contributed by atoms with van der Waals surface area (Å²) in [6, 6.07) is 7.49. The van der Waals surface area contributed by atoms with Gasteiger partial charge in [-0.25, -0.2) is 9.50 Å². The lowest BCUT2D eigenvalue weighted by Crippen LogP contribution is -2.16. The third kappa shape index (κ3) is 4.32. The molecule has 0 aliphatic rings. The summed E-state index contributed by atoms with van der Waals surface area (Å²) in [5.74, 6) is -0.587. The second kappa shape index (κ2) is 8.38. The minimum atomic E-state index is -4.68. The molecule has 1 aromatic carbocycles. The van der Waals surface area contributed by atoms with Crippen LogP contribution < -0.4 is 5.32 Å². The number of nitrogens with one attached hydrogen (secondary N) is 1. The van der Waals surface area contributed by atoms with Crippen molar-refractivity contribution in [2.24, 2.45) is 0 Å². The average molecular weight is 548 g/mol. The van der Waals surface area contributed by atoms with E-state index in [1.807, 2.05) is 0 Å². The van der Waals surface area contributed by atoms with Gasteiger partial charge in [-0.05, 0) is 41.1 Å². The molecule has 0 atom stereocenters. The van der Waals surface area contributed by atoms with E-state index in [1.54, 1.807) is 24.4 Å². The second-order valence-corrected chi connectivity index (χ2v) is 8.34. The zero-order valence-corrected chi connectivity index (χ0v) is 19.2. The van der Waals surface area contributed by atoms with Crippen LogP contribution in [0.15, 0.2) is 41.0 Å². The monoisotopic (exact) mass is 546 g/mol. The Morgan fingerprint density at radius 2 is 1.88 bits per heavy atom. The molecule has 1 amide bonds. The van der Waals surface area contributed by atoms with Crippen LogP contribution in [0, 0.1) is 6.92 Å². The third-order valence-electron chi connectivity index (χ3n) is 4.43. The number of hydrogen-bond acceptors (Lipinski definition) is 4.